The lowest BCUT2D eigenvalue weighted by Crippen LogP contribution is -2.15. The third-order valence-corrected chi connectivity index (χ3v) is 5.00. The second-order valence-corrected chi connectivity index (χ2v) is 7.41. The highest BCUT2D eigenvalue weighted by atomic mass is 16.6. The molecule has 0 N–H and O–H groups in total. The van der Waals surface area contributed by atoms with Crippen molar-refractivity contribution in [2.75, 3.05) is 0 Å². The van der Waals surface area contributed by atoms with Crippen molar-refractivity contribution >= 4 is 11.9 Å². The lowest BCUT2D eigenvalue weighted by atomic mass is 10.0. The van der Waals surface area contributed by atoms with Gasteiger partial charge in [0.1, 0.15) is 0 Å². The molecule has 0 aliphatic heterocycles. The third kappa shape index (κ3) is 5.82. The zero-order chi connectivity index (χ0) is 22.1. The molecule has 0 aliphatic rings. The molecule has 3 aromatic carbocycles. The summed E-state index contributed by atoms with van der Waals surface area (Å²) in [5.74, 6) is -0.252. The Morgan fingerprint density at radius 2 is 1.06 bits per heavy atom. The van der Waals surface area contributed by atoms with E-state index in [2.05, 4.69) is 13.8 Å². The van der Waals surface area contributed by atoms with Crippen LogP contribution in [0.1, 0.15) is 65.0 Å². The smallest absolute Gasteiger partial charge is 0.343 e. The first-order chi connectivity index (χ1) is 15.1. The highest BCUT2D eigenvalue weighted by Gasteiger charge is 2.22. The summed E-state index contributed by atoms with van der Waals surface area (Å²) in [7, 11) is 0. The molecule has 0 unspecified atom stereocenters. The average Bonchev–Trinajstić information content (AvgIpc) is 2.81. The summed E-state index contributed by atoms with van der Waals surface area (Å²) >= 11 is 0. The Labute approximate surface area is 183 Å². The molecule has 160 valence electrons. The second kappa shape index (κ2) is 11.1. The molecule has 4 heteroatoms. The van der Waals surface area contributed by atoms with E-state index in [1.807, 2.05) is 24.3 Å². The van der Waals surface area contributed by atoms with Crippen LogP contribution >= 0.6 is 0 Å². The van der Waals surface area contributed by atoms with E-state index >= 15 is 0 Å². The number of carbonyl (C=O) groups excluding carboxylic acids is 2. The number of hydrogen-bond donors (Lipinski definition) is 0. The number of carbonyl (C=O) groups is 2. The van der Waals surface area contributed by atoms with Crippen molar-refractivity contribution in [1.82, 2.24) is 0 Å². The first kappa shape index (κ1) is 22.3. The summed E-state index contributed by atoms with van der Waals surface area (Å²) in [6, 6.07) is 21.6. The van der Waals surface area contributed by atoms with Gasteiger partial charge in [-0.25, -0.2) is 9.59 Å². The fourth-order valence-electron chi connectivity index (χ4n) is 3.35. The fourth-order valence-corrected chi connectivity index (χ4v) is 3.35. The van der Waals surface area contributed by atoms with E-state index in [0.29, 0.717) is 29.0 Å². The van der Waals surface area contributed by atoms with Gasteiger partial charge in [-0.15, -0.1) is 0 Å². The number of rotatable bonds is 9. The summed E-state index contributed by atoms with van der Waals surface area (Å²) in [5, 5.41) is 0. The minimum atomic E-state index is -0.470. The molecule has 0 bridgehead atoms. The van der Waals surface area contributed by atoms with E-state index in [1.165, 1.54) is 0 Å². The summed E-state index contributed by atoms with van der Waals surface area (Å²) in [6.07, 6.45) is 4.25. The number of ether oxygens (including phenoxy) is 2. The van der Waals surface area contributed by atoms with Crippen LogP contribution in [0.3, 0.4) is 0 Å². The maximum Gasteiger partial charge on any atom is 0.343 e. The molecule has 4 nitrogen and oxygen atoms in total. The van der Waals surface area contributed by atoms with Crippen molar-refractivity contribution in [1.29, 1.82) is 0 Å². The van der Waals surface area contributed by atoms with Crippen LogP contribution in [-0.4, -0.2) is 11.9 Å². The van der Waals surface area contributed by atoms with Crippen LogP contribution < -0.4 is 9.47 Å². The first-order valence-electron chi connectivity index (χ1n) is 10.8. The van der Waals surface area contributed by atoms with Gasteiger partial charge < -0.3 is 9.47 Å². The van der Waals surface area contributed by atoms with Crippen LogP contribution in [-0.2, 0) is 12.8 Å². The highest BCUT2D eigenvalue weighted by Crippen LogP contribution is 2.38. The Hall–Kier alpha value is -3.40. The molecule has 0 spiro atoms. The summed E-state index contributed by atoms with van der Waals surface area (Å²) in [4.78, 5) is 25.7. The average molecular weight is 417 g/mol. The number of esters is 2. The quantitative estimate of drug-likeness (QED) is 0.298. The van der Waals surface area contributed by atoms with Gasteiger partial charge >= 0.3 is 11.9 Å². The molecular formula is C27H28O4. The van der Waals surface area contributed by atoms with E-state index in [9.17, 15) is 9.59 Å². The van der Waals surface area contributed by atoms with Gasteiger partial charge in [0.2, 0.25) is 0 Å². The third-order valence-electron chi connectivity index (χ3n) is 5.00. The fraction of sp³-hybridized carbons (Fsp3) is 0.259. The normalized spacial score (nSPS) is 10.5. The van der Waals surface area contributed by atoms with Crippen LogP contribution in [0.15, 0.2) is 72.8 Å². The van der Waals surface area contributed by atoms with Gasteiger partial charge in [0, 0.05) is 0 Å². The van der Waals surface area contributed by atoms with Crippen molar-refractivity contribution in [3.8, 4) is 11.5 Å². The van der Waals surface area contributed by atoms with Gasteiger partial charge in [0.15, 0.2) is 11.5 Å². The molecular weight excluding hydrogens is 388 g/mol. The molecule has 3 rings (SSSR count). The van der Waals surface area contributed by atoms with E-state index in [0.717, 1.165) is 36.8 Å². The van der Waals surface area contributed by atoms with Crippen LogP contribution in [0.2, 0.25) is 0 Å². The molecule has 0 fully saturated rings. The Bertz CT molecular complexity index is 1010. The van der Waals surface area contributed by atoms with Crippen molar-refractivity contribution < 1.29 is 19.1 Å². The molecule has 0 radical (unpaired) electrons. The summed E-state index contributed by atoms with van der Waals surface area (Å²) in [6.45, 7) is 4.17. The highest BCUT2D eigenvalue weighted by molar-refractivity contribution is 5.93. The van der Waals surface area contributed by atoms with E-state index in [-0.39, 0.29) is 0 Å². The molecule has 31 heavy (non-hydrogen) atoms. The first-order valence-corrected chi connectivity index (χ1v) is 10.8. The van der Waals surface area contributed by atoms with Crippen LogP contribution in [0, 0.1) is 0 Å². The maximum absolute atomic E-state index is 12.9. The second-order valence-electron chi connectivity index (χ2n) is 7.41. The topological polar surface area (TPSA) is 52.6 Å². The SMILES string of the molecule is CCCCc1ccc(CCC)c(OC(=O)c2ccccc2)c1OC(=O)c1ccccc1. The van der Waals surface area contributed by atoms with E-state index < -0.39 is 11.9 Å². The Kier molecular flexibility index (Phi) is 7.99. The van der Waals surface area contributed by atoms with Crippen molar-refractivity contribution in [3.63, 3.8) is 0 Å². The lowest BCUT2D eigenvalue weighted by molar-refractivity contribution is 0.0679. The van der Waals surface area contributed by atoms with Crippen molar-refractivity contribution in [2.45, 2.75) is 46.0 Å². The standard InChI is InChI=1S/C27H28O4/c1-3-5-13-21-19-18-20(12-4-2)24(30-26(28)22-14-8-6-9-15-22)25(21)31-27(29)23-16-10-7-11-17-23/h6-11,14-19H,3-5,12-13H2,1-2H3. The summed E-state index contributed by atoms with van der Waals surface area (Å²) < 4.78 is 11.7. The molecule has 0 heterocycles. The molecule has 0 amide bonds. The van der Waals surface area contributed by atoms with Crippen LogP contribution in [0.5, 0.6) is 11.5 Å². The molecule has 0 saturated carbocycles. The zero-order valence-corrected chi connectivity index (χ0v) is 18.1. The molecule has 0 saturated heterocycles. The number of hydrogen-bond acceptors (Lipinski definition) is 4. The Balaban J connectivity index is 2.03. The maximum atomic E-state index is 12.9. The van der Waals surface area contributed by atoms with E-state index in [1.54, 1.807) is 48.5 Å². The zero-order valence-electron chi connectivity index (χ0n) is 18.1. The van der Waals surface area contributed by atoms with Crippen LogP contribution in [0.25, 0.3) is 0 Å². The number of aryl methyl sites for hydroxylation is 2. The van der Waals surface area contributed by atoms with Crippen molar-refractivity contribution in [3.05, 3.63) is 95.1 Å². The van der Waals surface area contributed by atoms with Gasteiger partial charge in [-0.2, -0.15) is 0 Å². The Morgan fingerprint density at radius 1 is 0.613 bits per heavy atom. The minimum Gasteiger partial charge on any atom is -0.419 e. The predicted octanol–water partition coefficient (Wildman–Crippen LogP) is 6.42. The minimum absolute atomic E-state index is 0.341. The van der Waals surface area contributed by atoms with Gasteiger partial charge in [-0.05, 0) is 54.7 Å². The van der Waals surface area contributed by atoms with Gasteiger partial charge in [-0.3, -0.25) is 0 Å². The molecule has 0 atom stereocenters. The summed E-state index contributed by atoms with van der Waals surface area (Å²) in [5.41, 5.74) is 2.61. The monoisotopic (exact) mass is 416 g/mol. The van der Waals surface area contributed by atoms with Gasteiger partial charge in [0.05, 0.1) is 11.1 Å². The van der Waals surface area contributed by atoms with E-state index in [4.69, 9.17) is 9.47 Å². The largest absolute Gasteiger partial charge is 0.419 e. The van der Waals surface area contributed by atoms with Gasteiger partial charge in [0.25, 0.3) is 0 Å². The molecule has 0 aromatic heterocycles. The Morgan fingerprint density at radius 3 is 1.48 bits per heavy atom. The van der Waals surface area contributed by atoms with Crippen LogP contribution in [0.4, 0.5) is 0 Å². The van der Waals surface area contributed by atoms with Gasteiger partial charge in [-0.1, -0.05) is 75.2 Å². The van der Waals surface area contributed by atoms with Crippen molar-refractivity contribution in [2.24, 2.45) is 0 Å². The number of unbranched alkanes of at least 4 members (excludes halogenated alkanes) is 1. The molecule has 3 aromatic rings. The number of benzene rings is 3. The molecule has 0 aliphatic carbocycles. The lowest BCUT2D eigenvalue weighted by Gasteiger charge is -2.18. The predicted molar refractivity (Wildman–Crippen MR) is 122 cm³/mol.